The third kappa shape index (κ3) is 4.24. The molecule has 33 heavy (non-hydrogen) atoms. The zero-order valence-corrected chi connectivity index (χ0v) is 19.4. The Kier molecular flexibility index (Phi) is 6.00. The van der Waals surface area contributed by atoms with E-state index in [-0.39, 0.29) is 5.91 Å². The summed E-state index contributed by atoms with van der Waals surface area (Å²) < 4.78 is 8.18. The second-order valence-electron chi connectivity index (χ2n) is 8.14. The second kappa shape index (κ2) is 8.90. The first-order valence-electron chi connectivity index (χ1n) is 10.8. The molecule has 0 radical (unpaired) electrons. The lowest BCUT2D eigenvalue weighted by Gasteiger charge is -2.15. The number of hydrogen-bond donors (Lipinski definition) is 1. The van der Waals surface area contributed by atoms with Gasteiger partial charge in [0.2, 0.25) is 5.91 Å². The molecule has 2 aromatic heterocycles. The van der Waals surface area contributed by atoms with Crippen LogP contribution in [0, 0.1) is 20.8 Å². The van der Waals surface area contributed by atoms with Gasteiger partial charge in [0.05, 0.1) is 29.6 Å². The van der Waals surface area contributed by atoms with Crippen molar-refractivity contribution in [2.24, 2.45) is 0 Å². The van der Waals surface area contributed by atoms with E-state index in [9.17, 15) is 9.59 Å². The smallest absolute Gasteiger partial charge is 0.295 e. The summed E-state index contributed by atoms with van der Waals surface area (Å²) in [6.07, 6.45) is 0. The molecular weight excluding hydrogens is 418 g/mol. The van der Waals surface area contributed by atoms with Gasteiger partial charge in [-0.2, -0.15) is 10.2 Å². The van der Waals surface area contributed by atoms with Gasteiger partial charge in [-0.1, -0.05) is 29.8 Å². The summed E-state index contributed by atoms with van der Waals surface area (Å²) in [5.41, 5.74) is 4.29. The van der Waals surface area contributed by atoms with Crippen molar-refractivity contribution in [3.05, 3.63) is 81.4 Å². The molecule has 4 rings (SSSR count). The number of hydrogen-bond acceptors (Lipinski definition) is 5. The Labute approximate surface area is 191 Å². The maximum atomic E-state index is 13.3. The van der Waals surface area contributed by atoms with Crippen LogP contribution < -0.4 is 15.6 Å². The fraction of sp³-hybridized carbons (Fsp3) is 0.280. The van der Waals surface area contributed by atoms with Gasteiger partial charge in [-0.15, -0.1) is 0 Å². The van der Waals surface area contributed by atoms with Crippen LogP contribution in [0.4, 0.5) is 0 Å². The number of carbonyl (C=O) groups is 1. The number of methoxy groups -OCH3 is 1. The molecule has 0 aliphatic carbocycles. The predicted octanol–water partition coefficient (Wildman–Crippen LogP) is 3.39. The van der Waals surface area contributed by atoms with E-state index >= 15 is 0 Å². The molecule has 2 aromatic carbocycles. The summed E-state index contributed by atoms with van der Waals surface area (Å²) in [5, 5.41) is 12.6. The second-order valence-corrected chi connectivity index (χ2v) is 8.14. The molecule has 2 heterocycles. The number of amides is 1. The Balaban J connectivity index is 1.64. The lowest BCUT2D eigenvalue weighted by molar-refractivity contribution is -0.124. The quantitative estimate of drug-likeness (QED) is 0.491. The summed E-state index contributed by atoms with van der Waals surface area (Å²) >= 11 is 0. The van der Waals surface area contributed by atoms with Crippen molar-refractivity contribution in [1.29, 1.82) is 0 Å². The highest BCUT2D eigenvalue weighted by Gasteiger charge is 2.23. The molecular formula is C25H27N5O3. The van der Waals surface area contributed by atoms with Crippen LogP contribution >= 0.6 is 0 Å². The number of fused-ring (bicyclic) bond motifs is 1. The highest BCUT2D eigenvalue weighted by atomic mass is 16.5. The maximum absolute atomic E-state index is 13.3. The number of benzene rings is 2. The van der Waals surface area contributed by atoms with Crippen molar-refractivity contribution < 1.29 is 9.53 Å². The first-order chi connectivity index (χ1) is 15.8. The highest BCUT2D eigenvalue weighted by molar-refractivity contribution is 5.84. The van der Waals surface area contributed by atoms with E-state index in [2.05, 4.69) is 15.5 Å². The molecule has 0 aliphatic heterocycles. The van der Waals surface area contributed by atoms with E-state index in [1.165, 1.54) is 4.68 Å². The molecule has 0 saturated heterocycles. The van der Waals surface area contributed by atoms with Crippen molar-refractivity contribution in [3.63, 3.8) is 0 Å². The molecule has 1 amide bonds. The first-order valence-corrected chi connectivity index (χ1v) is 10.8. The topological polar surface area (TPSA) is 91.0 Å². The lowest BCUT2D eigenvalue weighted by Crippen LogP contribution is -2.37. The Morgan fingerprint density at radius 2 is 1.82 bits per heavy atom. The van der Waals surface area contributed by atoms with E-state index in [4.69, 9.17) is 4.74 Å². The van der Waals surface area contributed by atoms with E-state index in [0.717, 1.165) is 22.5 Å². The average molecular weight is 446 g/mol. The van der Waals surface area contributed by atoms with E-state index in [0.29, 0.717) is 28.9 Å². The Morgan fingerprint density at radius 3 is 2.52 bits per heavy atom. The zero-order chi connectivity index (χ0) is 23.7. The maximum Gasteiger partial charge on any atom is 0.295 e. The third-order valence-corrected chi connectivity index (χ3v) is 5.77. The SMILES string of the molecule is COc1cccc(CNC(=O)C(C)n2nc(C)c3c(C)n(-c4ccc(C)cc4)nc3c2=O)c1. The van der Waals surface area contributed by atoms with Gasteiger partial charge in [-0.3, -0.25) is 9.59 Å². The molecule has 0 fully saturated rings. The Bertz CT molecular complexity index is 1390. The minimum Gasteiger partial charge on any atom is -0.497 e. The summed E-state index contributed by atoms with van der Waals surface area (Å²) in [6.45, 7) is 7.73. The van der Waals surface area contributed by atoms with Crippen LogP contribution in [0.5, 0.6) is 5.75 Å². The zero-order valence-electron chi connectivity index (χ0n) is 19.4. The van der Waals surface area contributed by atoms with Gasteiger partial charge in [0.25, 0.3) is 5.56 Å². The number of rotatable bonds is 6. The number of aromatic nitrogens is 4. The van der Waals surface area contributed by atoms with Crippen molar-refractivity contribution in [1.82, 2.24) is 24.9 Å². The summed E-state index contributed by atoms with van der Waals surface area (Å²) in [7, 11) is 1.60. The number of nitrogens with zero attached hydrogens (tertiary/aromatic N) is 4. The Morgan fingerprint density at radius 1 is 1.09 bits per heavy atom. The highest BCUT2D eigenvalue weighted by Crippen LogP contribution is 2.22. The van der Waals surface area contributed by atoms with E-state index < -0.39 is 11.6 Å². The average Bonchev–Trinajstić information content (AvgIpc) is 3.18. The fourth-order valence-corrected chi connectivity index (χ4v) is 3.88. The third-order valence-electron chi connectivity index (χ3n) is 5.77. The van der Waals surface area contributed by atoms with Crippen LogP contribution in [0.15, 0.2) is 53.3 Å². The largest absolute Gasteiger partial charge is 0.497 e. The normalized spacial score (nSPS) is 12.0. The van der Waals surface area contributed by atoms with Gasteiger partial charge < -0.3 is 10.1 Å². The van der Waals surface area contributed by atoms with Gasteiger partial charge in [0.15, 0.2) is 5.52 Å². The van der Waals surface area contributed by atoms with Crippen LogP contribution in [0.25, 0.3) is 16.6 Å². The van der Waals surface area contributed by atoms with Crippen LogP contribution in [-0.2, 0) is 11.3 Å². The monoisotopic (exact) mass is 445 g/mol. The van der Waals surface area contributed by atoms with Crippen molar-refractivity contribution in [3.8, 4) is 11.4 Å². The molecule has 0 bridgehead atoms. The van der Waals surface area contributed by atoms with Crippen molar-refractivity contribution in [2.45, 2.75) is 40.3 Å². The number of aryl methyl sites for hydroxylation is 3. The minimum absolute atomic E-state index is 0.299. The molecule has 0 aliphatic rings. The molecule has 1 N–H and O–H groups in total. The lowest BCUT2D eigenvalue weighted by atomic mass is 10.2. The number of carbonyl (C=O) groups excluding carboxylic acids is 1. The van der Waals surface area contributed by atoms with Gasteiger partial charge in [0, 0.05) is 6.54 Å². The summed E-state index contributed by atoms with van der Waals surface area (Å²) in [6, 6.07) is 14.6. The first kappa shape index (κ1) is 22.3. The molecule has 0 spiro atoms. The van der Waals surface area contributed by atoms with Gasteiger partial charge in [0.1, 0.15) is 11.8 Å². The van der Waals surface area contributed by atoms with E-state index in [1.54, 1.807) is 18.7 Å². The molecule has 1 unspecified atom stereocenters. The van der Waals surface area contributed by atoms with Crippen molar-refractivity contribution >= 4 is 16.8 Å². The van der Waals surface area contributed by atoms with Crippen LogP contribution in [0.3, 0.4) is 0 Å². The van der Waals surface area contributed by atoms with Crippen LogP contribution in [0.2, 0.25) is 0 Å². The molecule has 170 valence electrons. The van der Waals surface area contributed by atoms with Gasteiger partial charge in [-0.05, 0) is 57.5 Å². The van der Waals surface area contributed by atoms with Crippen molar-refractivity contribution in [2.75, 3.05) is 7.11 Å². The van der Waals surface area contributed by atoms with Crippen LogP contribution in [0.1, 0.15) is 35.5 Å². The van der Waals surface area contributed by atoms with E-state index in [1.807, 2.05) is 69.3 Å². The molecule has 0 saturated carbocycles. The van der Waals surface area contributed by atoms with Gasteiger partial charge >= 0.3 is 0 Å². The predicted molar refractivity (Wildman–Crippen MR) is 127 cm³/mol. The number of nitrogens with one attached hydrogen (secondary N) is 1. The number of ether oxygens (including phenoxy) is 1. The molecule has 1 atom stereocenters. The summed E-state index contributed by atoms with van der Waals surface area (Å²) in [5.74, 6) is 0.411. The van der Waals surface area contributed by atoms with Crippen LogP contribution in [-0.4, -0.2) is 32.6 Å². The Hall–Kier alpha value is -3.94. The minimum atomic E-state index is -0.795. The molecule has 8 heteroatoms. The molecule has 4 aromatic rings. The fourth-order valence-electron chi connectivity index (χ4n) is 3.88. The molecule has 8 nitrogen and oxygen atoms in total. The summed E-state index contributed by atoms with van der Waals surface area (Å²) in [4.78, 5) is 26.1. The van der Waals surface area contributed by atoms with Gasteiger partial charge in [-0.25, -0.2) is 9.36 Å². The standard InChI is InChI=1S/C25H27N5O3/c1-15-9-11-20(12-10-15)29-17(3)22-16(2)27-30(25(32)23(22)28-29)18(4)24(31)26-14-19-7-6-8-21(13-19)33-5/h6-13,18H,14H2,1-5H3,(H,26,31).